The van der Waals surface area contributed by atoms with E-state index >= 15 is 0 Å². The van der Waals surface area contributed by atoms with E-state index in [0.29, 0.717) is 10.8 Å². The SMILES string of the molecule is CC(c1cccc(Cl)c1)N(C)c1nccc(C(=O)O)c1N. The molecule has 0 aliphatic carbocycles. The number of hydrogen-bond donors (Lipinski definition) is 2. The second-order valence-corrected chi connectivity index (χ2v) is 5.18. The first kappa shape index (κ1) is 15.1. The number of aromatic nitrogens is 1. The van der Waals surface area contributed by atoms with Crippen LogP contribution in [0.15, 0.2) is 36.5 Å². The summed E-state index contributed by atoms with van der Waals surface area (Å²) < 4.78 is 0. The number of carbonyl (C=O) groups is 1. The third-order valence-corrected chi connectivity index (χ3v) is 3.68. The molecule has 1 unspecified atom stereocenters. The average molecular weight is 306 g/mol. The molecule has 1 atom stereocenters. The molecule has 0 spiro atoms. The van der Waals surface area contributed by atoms with Crippen LogP contribution in [0.2, 0.25) is 5.02 Å². The van der Waals surface area contributed by atoms with Gasteiger partial charge in [-0.25, -0.2) is 9.78 Å². The van der Waals surface area contributed by atoms with Crippen molar-refractivity contribution in [2.45, 2.75) is 13.0 Å². The van der Waals surface area contributed by atoms with Gasteiger partial charge in [0, 0.05) is 18.3 Å². The first-order chi connectivity index (χ1) is 9.91. The predicted molar refractivity (Wildman–Crippen MR) is 83.9 cm³/mol. The lowest BCUT2D eigenvalue weighted by Crippen LogP contribution is -2.24. The number of nitrogens with two attached hydrogens (primary N) is 1. The van der Waals surface area contributed by atoms with E-state index in [1.54, 1.807) is 6.07 Å². The van der Waals surface area contributed by atoms with Crippen molar-refractivity contribution in [3.05, 3.63) is 52.7 Å². The summed E-state index contributed by atoms with van der Waals surface area (Å²) in [4.78, 5) is 17.2. The van der Waals surface area contributed by atoms with Crippen molar-refractivity contribution in [1.29, 1.82) is 0 Å². The molecule has 3 N–H and O–H groups in total. The quantitative estimate of drug-likeness (QED) is 0.906. The smallest absolute Gasteiger partial charge is 0.337 e. The standard InChI is InChI=1S/C15H16ClN3O2/c1-9(10-4-3-5-11(16)8-10)19(2)14-13(17)12(15(20)21)6-7-18-14/h3-9H,17H2,1-2H3,(H,20,21). The van der Waals surface area contributed by atoms with Crippen LogP contribution < -0.4 is 10.6 Å². The Balaban J connectivity index is 2.38. The number of rotatable bonds is 4. The van der Waals surface area contributed by atoms with Crippen molar-refractivity contribution in [3.63, 3.8) is 0 Å². The van der Waals surface area contributed by atoms with Gasteiger partial charge in [0.05, 0.1) is 17.3 Å². The van der Waals surface area contributed by atoms with Crippen molar-refractivity contribution in [1.82, 2.24) is 4.98 Å². The molecule has 0 aliphatic rings. The highest BCUT2D eigenvalue weighted by atomic mass is 35.5. The van der Waals surface area contributed by atoms with E-state index in [9.17, 15) is 4.79 Å². The number of nitrogen functional groups attached to an aromatic ring is 1. The third-order valence-electron chi connectivity index (χ3n) is 3.45. The minimum absolute atomic E-state index is 0.0464. The van der Waals surface area contributed by atoms with Gasteiger partial charge in [-0.05, 0) is 30.7 Å². The Morgan fingerprint density at radius 1 is 1.43 bits per heavy atom. The zero-order valence-corrected chi connectivity index (χ0v) is 12.5. The van der Waals surface area contributed by atoms with E-state index in [1.165, 1.54) is 12.3 Å². The molecule has 0 saturated carbocycles. The predicted octanol–water partition coefficient (Wildman–Crippen LogP) is 3.21. The summed E-state index contributed by atoms with van der Waals surface area (Å²) in [5.41, 5.74) is 7.11. The highest BCUT2D eigenvalue weighted by molar-refractivity contribution is 6.30. The van der Waals surface area contributed by atoms with Gasteiger partial charge in [-0.1, -0.05) is 23.7 Å². The van der Waals surface area contributed by atoms with Crippen LogP contribution in [0.3, 0.4) is 0 Å². The second kappa shape index (κ2) is 6.01. The van der Waals surface area contributed by atoms with Crippen LogP contribution in [0.5, 0.6) is 0 Å². The second-order valence-electron chi connectivity index (χ2n) is 4.74. The van der Waals surface area contributed by atoms with Gasteiger partial charge in [-0.2, -0.15) is 0 Å². The number of halogens is 1. The number of pyridine rings is 1. The van der Waals surface area contributed by atoms with Crippen LogP contribution in [0.1, 0.15) is 28.9 Å². The van der Waals surface area contributed by atoms with Crippen LogP contribution in [0.4, 0.5) is 11.5 Å². The molecule has 21 heavy (non-hydrogen) atoms. The topological polar surface area (TPSA) is 79.5 Å². The van der Waals surface area contributed by atoms with Crippen LogP contribution in [0.25, 0.3) is 0 Å². The molecule has 1 aromatic carbocycles. The van der Waals surface area contributed by atoms with Crippen LogP contribution >= 0.6 is 11.6 Å². The lowest BCUT2D eigenvalue weighted by Gasteiger charge is -2.27. The Hall–Kier alpha value is -2.27. The van der Waals surface area contributed by atoms with Crippen molar-refractivity contribution in [2.24, 2.45) is 0 Å². The Kier molecular flexibility index (Phi) is 4.33. The van der Waals surface area contributed by atoms with E-state index < -0.39 is 5.97 Å². The van der Waals surface area contributed by atoms with Crippen molar-refractivity contribution in [2.75, 3.05) is 17.7 Å². The largest absolute Gasteiger partial charge is 0.478 e. The average Bonchev–Trinajstić information content (AvgIpc) is 2.45. The van der Waals surface area contributed by atoms with Crippen molar-refractivity contribution in [3.8, 4) is 0 Å². The summed E-state index contributed by atoms with van der Waals surface area (Å²) in [6, 6.07) is 8.81. The zero-order valence-electron chi connectivity index (χ0n) is 11.7. The monoisotopic (exact) mass is 305 g/mol. The molecule has 6 heteroatoms. The number of hydrogen-bond acceptors (Lipinski definition) is 4. The highest BCUT2D eigenvalue weighted by Crippen LogP contribution is 2.30. The first-order valence-electron chi connectivity index (χ1n) is 6.38. The van der Waals surface area contributed by atoms with Gasteiger partial charge >= 0.3 is 5.97 Å². The molecule has 0 amide bonds. The Morgan fingerprint density at radius 2 is 2.14 bits per heavy atom. The summed E-state index contributed by atoms with van der Waals surface area (Å²) in [6.45, 7) is 1.97. The van der Waals surface area contributed by atoms with Crippen molar-refractivity contribution >= 4 is 29.1 Å². The number of nitrogens with zero attached hydrogens (tertiary/aromatic N) is 2. The lowest BCUT2D eigenvalue weighted by atomic mass is 10.1. The third kappa shape index (κ3) is 3.08. The molecule has 0 saturated heterocycles. The molecular formula is C15H16ClN3O2. The summed E-state index contributed by atoms with van der Waals surface area (Å²) in [5, 5.41) is 9.77. The molecule has 2 rings (SSSR count). The molecule has 0 radical (unpaired) electrons. The zero-order chi connectivity index (χ0) is 15.6. The summed E-state index contributed by atoms with van der Waals surface area (Å²) >= 11 is 6.00. The lowest BCUT2D eigenvalue weighted by molar-refractivity contribution is 0.0698. The maximum absolute atomic E-state index is 11.1. The fourth-order valence-electron chi connectivity index (χ4n) is 2.10. The molecule has 2 aromatic rings. The Bertz CT molecular complexity index is 676. The molecular weight excluding hydrogens is 290 g/mol. The van der Waals surface area contributed by atoms with Gasteiger partial charge in [0.15, 0.2) is 5.82 Å². The summed E-state index contributed by atoms with van der Waals surface area (Å²) in [5.74, 6) is -0.637. The van der Waals surface area contributed by atoms with E-state index in [0.717, 1.165) is 5.56 Å². The van der Waals surface area contributed by atoms with Gasteiger partial charge in [-0.15, -0.1) is 0 Å². The molecule has 5 nitrogen and oxygen atoms in total. The normalized spacial score (nSPS) is 12.0. The molecule has 0 bridgehead atoms. The fraction of sp³-hybridized carbons (Fsp3) is 0.200. The molecule has 0 fully saturated rings. The minimum atomic E-state index is -1.07. The Morgan fingerprint density at radius 3 is 2.76 bits per heavy atom. The maximum Gasteiger partial charge on any atom is 0.337 e. The van der Waals surface area contributed by atoms with E-state index in [-0.39, 0.29) is 17.3 Å². The fourth-order valence-corrected chi connectivity index (χ4v) is 2.30. The summed E-state index contributed by atoms with van der Waals surface area (Å²) in [6.07, 6.45) is 1.44. The molecule has 1 aromatic heterocycles. The maximum atomic E-state index is 11.1. The van der Waals surface area contributed by atoms with Gasteiger partial charge in [-0.3, -0.25) is 0 Å². The minimum Gasteiger partial charge on any atom is -0.478 e. The molecule has 1 heterocycles. The van der Waals surface area contributed by atoms with E-state index in [4.69, 9.17) is 22.4 Å². The number of anilines is 2. The Labute approximate surface area is 128 Å². The van der Waals surface area contributed by atoms with E-state index in [2.05, 4.69) is 4.98 Å². The highest BCUT2D eigenvalue weighted by Gasteiger charge is 2.19. The van der Waals surface area contributed by atoms with Gasteiger partial charge in [0.2, 0.25) is 0 Å². The van der Waals surface area contributed by atoms with Gasteiger partial charge in [0.25, 0.3) is 0 Å². The van der Waals surface area contributed by atoms with E-state index in [1.807, 2.05) is 37.1 Å². The number of aromatic carboxylic acids is 1. The van der Waals surface area contributed by atoms with Gasteiger partial charge < -0.3 is 15.7 Å². The van der Waals surface area contributed by atoms with Crippen LogP contribution in [-0.2, 0) is 0 Å². The number of carboxylic acids is 1. The summed E-state index contributed by atoms with van der Waals surface area (Å²) in [7, 11) is 1.82. The molecule has 110 valence electrons. The van der Waals surface area contributed by atoms with Crippen LogP contribution in [-0.4, -0.2) is 23.1 Å². The number of carboxylic acid groups (broad SMARTS) is 1. The van der Waals surface area contributed by atoms with Crippen LogP contribution in [0, 0.1) is 0 Å². The first-order valence-corrected chi connectivity index (χ1v) is 6.75. The van der Waals surface area contributed by atoms with Crippen molar-refractivity contribution < 1.29 is 9.90 Å². The van der Waals surface area contributed by atoms with Gasteiger partial charge in [0.1, 0.15) is 0 Å². The molecule has 0 aliphatic heterocycles. The number of benzene rings is 1.